The van der Waals surface area contributed by atoms with Gasteiger partial charge in [-0.1, -0.05) is 24.3 Å². The average Bonchev–Trinajstić information content (AvgIpc) is 3.55. The number of nitrogen functional groups attached to an aromatic ring is 1. The molecule has 37 heavy (non-hydrogen) atoms. The number of carbonyl (C=O) groups is 1. The first-order valence-electron chi connectivity index (χ1n) is 12.4. The number of hydrogen-bond donors (Lipinski definition) is 5. The van der Waals surface area contributed by atoms with E-state index in [4.69, 9.17) is 11.5 Å². The van der Waals surface area contributed by atoms with Gasteiger partial charge in [0.05, 0.1) is 28.4 Å². The summed E-state index contributed by atoms with van der Waals surface area (Å²) < 4.78 is 0. The van der Waals surface area contributed by atoms with E-state index in [1.807, 2.05) is 18.2 Å². The molecule has 1 aliphatic rings. The van der Waals surface area contributed by atoms with Crippen molar-refractivity contribution in [1.82, 2.24) is 25.5 Å². The third kappa shape index (κ3) is 5.17. The molecule has 0 bridgehead atoms. The van der Waals surface area contributed by atoms with Gasteiger partial charge in [-0.15, -0.1) is 0 Å². The van der Waals surface area contributed by atoms with Crippen molar-refractivity contribution in [1.29, 1.82) is 0 Å². The number of amides is 1. The molecule has 1 fully saturated rings. The number of nitro groups is 1. The van der Waals surface area contributed by atoms with E-state index in [2.05, 4.69) is 25.5 Å². The Morgan fingerprint density at radius 2 is 1.97 bits per heavy atom. The van der Waals surface area contributed by atoms with E-state index < -0.39 is 11.0 Å². The molecule has 0 unspecified atom stereocenters. The highest BCUT2D eigenvalue weighted by atomic mass is 16.6. The van der Waals surface area contributed by atoms with E-state index in [-0.39, 0.29) is 23.9 Å². The number of nitro benzene ring substituents is 1. The Hall–Kier alpha value is -4.25. The fraction of sp³-hybridized carbons (Fsp3) is 0.346. The first-order valence-corrected chi connectivity index (χ1v) is 12.4. The predicted octanol–water partition coefficient (Wildman–Crippen LogP) is 3.61. The van der Waals surface area contributed by atoms with Crippen LogP contribution in [0.1, 0.15) is 43.1 Å². The van der Waals surface area contributed by atoms with Gasteiger partial charge in [-0.2, -0.15) is 5.10 Å². The first-order chi connectivity index (χ1) is 17.9. The van der Waals surface area contributed by atoms with Crippen LogP contribution in [0.15, 0.2) is 48.7 Å². The van der Waals surface area contributed by atoms with Crippen molar-refractivity contribution in [3.63, 3.8) is 0 Å². The molecular weight excluding hydrogens is 472 g/mol. The maximum absolute atomic E-state index is 13.3. The van der Waals surface area contributed by atoms with E-state index in [1.54, 1.807) is 24.4 Å². The summed E-state index contributed by atoms with van der Waals surface area (Å²) >= 11 is 0. The number of hydrogen-bond acceptors (Lipinski definition) is 7. The second-order valence-electron chi connectivity index (χ2n) is 9.66. The molecule has 4 aromatic rings. The molecule has 1 saturated carbocycles. The largest absolute Gasteiger partial charge is 0.382 e. The number of para-hydroxylation sites is 1. The van der Waals surface area contributed by atoms with Crippen LogP contribution < -0.4 is 16.8 Å². The smallest absolute Gasteiger partial charge is 0.272 e. The van der Waals surface area contributed by atoms with Crippen LogP contribution in [0.25, 0.3) is 22.2 Å². The molecule has 11 heteroatoms. The molecule has 0 radical (unpaired) electrons. The minimum atomic E-state index is -0.568. The lowest BCUT2D eigenvalue weighted by Crippen LogP contribution is -2.37. The van der Waals surface area contributed by atoms with E-state index in [9.17, 15) is 14.9 Å². The van der Waals surface area contributed by atoms with Crippen LogP contribution in [-0.4, -0.2) is 37.5 Å². The molecule has 0 saturated heterocycles. The average molecular weight is 503 g/mol. The minimum absolute atomic E-state index is 0.0132. The fourth-order valence-corrected chi connectivity index (χ4v) is 5.12. The molecule has 11 nitrogen and oxygen atoms in total. The van der Waals surface area contributed by atoms with Gasteiger partial charge in [-0.3, -0.25) is 20.0 Å². The summed E-state index contributed by atoms with van der Waals surface area (Å²) in [5.74, 6) is 1.24. The number of carbonyl (C=O) groups excluding carboxylic acids is 1. The molecule has 192 valence electrons. The molecule has 2 aromatic carbocycles. The Morgan fingerprint density at radius 3 is 2.73 bits per heavy atom. The molecule has 0 aliphatic heterocycles. The molecule has 7 N–H and O–H groups in total. The quantitative estimate of drug-likeness (QED) is 0.180. The molecular formula is C26H30N8O3. The van der Waals surface area contributed by atoms with Crippen LogP contribution in [0.4, 0.5) is 11.5 Å². The second kappa shape index (κ2) is 10.4. The number of anilines is 1. The Morgan fingerprint density at radius 1 is 1.19 bits per heavy atom. The number of nitrogens with zero attached hydrogens (tertiary/aromatic N) is 3. The number of rotatable bonds is 8. The Kier molecular flexibility index (Phi) is 6.87. The van der Waals surface area contributed by atoms with Gasteiger partial charge in [0.25, 0.3) is 5.69 Å². The van der Waals surface area contributed by atoms with Crippen molar-refractivity contribution in [3.05, 3.63) is 70.2 Å². The van der Waals surface area contributed by atoms with E-state index in [1.165, 1.54) is 6.07 Å². The fourth-order valence-electron chi connectivity index (χ4n) is 5.12. The number of benzene rings is 2. The van der Waals surface area contributed by atoms with Crippen molar-refractivity contribution in [3.8, 4) is 11.3 Å². The molecule has 1 atom stereocenters. The number of H-pyrrole nitrogens is 2. The van der Waals surface area contributed by atoms with Gasteiger partial charge in [-0.05, 0) is 50.3 Å². The number of imidazole rings is 1. The zero-order chi connectivity index (χ0) is 25.9. The number of nitrogens with one attached hydrogen (secondary N) is 3. The molecule has 1 aliphatic carbocycles. The summed E-state index contributed by atoms with van der Waals surface area (Å²) in [5, 5.41) is 22.5. The summed E-state index contributed by atoms with van der Waals surface area (Å²) in [6.45, 7) is 0.640. The van der Waals surface area contributed by atoms with Gasteiger partial charge >= 0.3 is 0 Å². The van der Waals surface area contributed by atoms with Gasteiger partial charge in [-0.25, -0.2) is 4.98 Å². The second-order valence-corrected chi connectivity index (χ2v) is 9.66. The number of fused-ring (bicyclic) bond motifs is 1. The van der Waals surface area contributed by atoms with Crippen LogP contribution in [-0.2, 0) is 11.2 Å². The van der Waals surface area contributed by atoms with Crippen LogP contribution >= 0.6 is 0 Å². The van der Waals surface area contributed by atoms with Crippen molar-refractivity contribution in [2.45, 2.75) is 38.1 Å². The normalized spacial score (nSPS) is 18.5. The maximum Gasteiger partial charge on any atom is 0.272 e. The van der Waals surface area contributed by atoms with Crippen LogP contribution in [0.3, 0.4) is 0 Å². The van der Waals surface area contributed by atoms with Crippen LogP contribution in [0.5, 0.6) is 0 Å². The Labute approximate surface area is 213 Å². The van der Waals surface area contributed by atoms with Gasteiger partial charge < -0.3 is 21.8 Å². The molecule has 0 spiro atoms. The zero-order valence-corrected chi connectivity index (χ0v) is 20.3. The number of aromatic amines is 2. The van der Waals surface area contributed by atoms with Gasteiger partial charge in [0.2, 0.25) is 5.91 Å². The lowest BCUT2D eigenvalue weighted by Gasteiger charge is -2.28. The topological polar surface area (TPSA) is 182 Å². The van der Waals surface area contributed by atoms with Crippen molar-refractivity contribution >= 4 is 28.3 Å². The van der Waals surface area contributed by atoms with Crippen molar-refractivity contribution in [2.24, 2.45) is 17.6 Å². The monoisotopic (exact) mass is 502 g/mol. The zero-order valence-electron chi connectivity index (χ0n) is 20.3. The summed E-state index contributed by atoms with van der Waals surface area (Å²) in [4.78, 5) is 32.4. The molecule has 2 aromatic heterocycles. The van der Waals surface area contributed by atoms with Crippen molar-refractivity contribution in [2.75, 3.05) is 12.3 Å². The summed E-state index contributed by atoms with van der Waals surface area (Å²) in [7, 11) is 0. The lowest BCUT2D eigenvalue weighted by molar-refractivity contribution is -0.385. The molecule has 2 heterocycles. The number of aromatic nitrogens is 4. The van der Waals surface area contributed by atoms with Crippen LogP contribution in [0, 0.1) is 22.0 Å². The summed E-state index contributed by atoms with van der Waals surface area (Å²) in [6, 6.07) is 11.7. The Bertz CT molecular complexity index is 1420. The third-order valence-electron chi connectivity index (χ3n) is 7.31. The minimum Gasteiger partial charge on any atom is -0.382 e. The number of nitrogens with two attached hydrogens (primary N) is 2. The highest BCUT2D eigenvalue weighted by molar-refractivity contribution is 5.91. The first kappa shape index (κ1) is 24.4. The maximum atomic E-state index is 13.3. The summed E-state index contributed by atoms with van der Waals surface area (Å²) in [5.41, 5.74) is 14.6. The van der Waals surface area contributed by atoms with Crippen LogP contribution in [0.2, 0.25) is 0 Å². The van der Waals surface area contributed by atoms with Gasteiger partial charge in [0.1, 0.15) is 5.82 Å². The van der Waals surface area contributed by atoms with E-state index >= 15 is 0 Å². The molecule has 5 rings (SSSR count). The Balaban J connectivity index is 1.42. The summed E-state index contributed by atoms with van der Waals surface area (Å²) in [6.07, 6.45) is 5.33. The lowest BCUT2D eigenvalue weighted by atomic mass is 9.81. The molecule has 1 amide bonds. The van der Waals surface area contributed by atoms with Gasteiger partial charge in [0, 0.05) is 34.9 Å². The highest BCUT2D eigenvalue weighted by Gasteiger charge is 2.29. The standard InChI is InChI=1S/C26H30N8O3/c27-13-15-5-7-16(8-6-15)26(35)31-21(12-18-3-1-2-4-23(18)34(36)37)25-29-14-22(30-25)17-9-10-19-20(11-17)32-33-24(19)28/h1-4,9-11,14-16,21H,5-8,12-13,27H2,(H,29,30)(H,31,35)(H3,28,32,33)/t15?,16?,21-/m0/s1. The van der Waals surface area contributed by atoms with E-state index in [0.29, 0.717) is 29.7 Å². The van der Waals surface area contributed by atoms with Crippen molar-refractivity contribution < 1.29 is 9.72 Å². The predicted molar refractivity (Wildman–Crippen MR) is 140 cm³/mol. The van der Waals surface area contributed by atoms with E-state index in [0.717, 1.165) is 47.8 Å². The third-order valence-corrected chi connectivity index (χ3v) is 7.31. The highest BCUT2D eigenvalue weighted by Crippen LogP contribution is 2.31. The van der Waals surface area contributed by atoms with Gasteiger partial charge in [0.15, 0.2) is 5.82 Å². The SMILES string of the molecule is NCC1CCC(C(=O)N[C@@H](Cc2ccccc2[N+](=O)[O-])c2ncc(-c3ccc4c(N)n[nH]c4c3)[nH]2)CC1.